The SMILES string of the molecule is CCC(CNC)CNc1ccc2c(c1)OCCO2. The van der Waals surface area contributed by atoms with E-state index in [1.165, 1.54) is 6.42 Å². The van der Waals surface area contributed by atoms with Gasteiger partial charge in [-0.1, -0.05) is 13.3 Å². The van der Waals surface area contributed by atoms with Gasteiger partial charge in [0.25, 0.3) is 0 Å². The average Bonchev–Trinajstić information content (AvgIpc) is 2.43. The summed E-state index contributed by atoms with van der Waals surface area (Å²) >= 11 is 0. The van der Waals surface area contributed by atoms with Gasteiger partial charge in [0, 0.05) is 18.3 Å². The molecule has 2 rings (SSSR count). The molecule has 18 heavy (non-hydrogen) atoms. The molecule has 4 heteroatoms. The highest BCUT2D eigenvalue weighted by Crippen LogP contribution is 2.32. The van der Waals surface area contributed by atoms with Crippen molar-refractivity contribution in [2.24, 2.45) is 5.92 Å². The zero-order valence-corrected chi connectivity index (χ0v) is 11.2. The highest BCUT2D eigenvalue weighted by molar-refractivity contribution is 5.55. The Balaban J connectivity index is 1.93. The normalized spacial score (nSPS) is 15.2. The minimum Gasteiger partial charge on any atom is -0.486 e. The van der Waals surface area contributed by atoms with Gasteiger partial charge >= 0.3 is 0 Å². The third-order valence-electron chi connectivity index (χ3n) is 3.21. The van der Waals surface area contributed by atoms with Crippen LogP contribution in [-0.4, -0.2) is 33.4 Å². The van der Waals surface area contributed by atoms with Crippen molar-refractivity contribution in [3.63, 3.8) is 0 Å². The van der Waals surface area contributed by atoms with Crippen LogP contribution in [0.25, 0.3) is 0 Å². The molecular weight excluding hydrogens is 228 g/mol. The van der Waals surface area contributed by atoms with Crippen molar-refractivity contribution in [1.82, 2.24) is 5.32 Å². The lowest BCUT2D eigenvalue weighted by Gasteiger charge is -2.20. The smallest absolute Gasteiger partial charge is 0.163 e. The lowest BCUT2D eigenvalue weighted by molar-refractivity contribution is 0.171. The van der Waals surface area contributed by atoms with E-state index in [-0.39, 0.29) is 0 Å². The molecule has 0 spiro atoms. The molecule has 1 atom stereocenters. The van der Waals surface area contributed by atoms with E-state index < -0.39 is 0 Å². The van der Waals surface area contributed by atoms with Crippen LogP contribution in [0.1, 0.15) is 13.3 Å². The molecule has 0 radical (unpaired) electrons. The van der Waals surface area contributed by atoms with Crippen LogP contribution in [0, 0.1) is 5.92 Å². The van der Waals surface area contributed by atoms with E-state index in [1.807, 2.05) is 25.2 Å². The van der Waals surface area contributed by atoms with E-state index in [0.29, 0.717) is 19.1 Å². The number of rotatable bonds is 6. The Morgan fingerprint density at radius 2 is 1.94 bits per heavy atom. The van der Waals surface area contributed by atoms with Gasteiger partial charge in [-0.3, -0.25) is 0 Å². The summed E-state index contributed by atoms with van der Waals surface area (Å²) in [5, 5.41) is 6.68. The number of ether oxygens (including phenoxy) is 2. The predicted molar refractivity (Wildman–Crippen MR) is 73.6 cm³/mol. The molecule has 100 valence electrons. The Bertz CT molecular complexity index is 382. The monoisotopic (exact) mass is 250 g/mol. The van der Waals surface area contributed by atoms with Crippen molar-refractivity contribution >= 4 is 5.69 Å². The number of hydrogen-bond donors (Lipinski definition) is 2. The summed E-state index contributed by atoms with van der Waals surface area (Å²) in [5.74, 6) is 2.32. The average molecular weight is 250 g/mol. The van der Waals surface area contributed by atoms with Crippen molar-refractivity contribution in [2.75, 3.05) is 38.7 Å². The first-order chi connectivity index (χ1) is 8.83. The van der Waals surface area contributed by atoms with Gasteiger partial charge in [-0.2, -0.15) is 0 Å². The van der Waals surface area contributed by atoms with Gasteiger partial charge in [-0.15, -0.1) is 0 Å². The second kappa shape index (κ2) is 6.50. The Labute approximate surface area is 109 Å². The lowest BCUT2D eigenvalue weighted by Crippen LogP contribution is -2.24. The third kappa shape index (κ3) is 3.29. The summed E-state index contributed by atoms with van der Waals surface area (Å²) in [6.45, 7) is 5.49. The van der Waals surface area contributed by atoms with Crippen LogP contribution in [0.15, 0.2) is 18.2 Å². The zero-order chi connectivity index (χ0) is 12.8. The first-order valence-electron chi connectivity index (χ1n) is 6.61. The summed E-state index contributed by atoms with van der Waals surface area (Å²) in [6, 6.07) is 6.02. The molecular formula is C14H22N2O2. The molecule has 1 aliphatic rings. The molecule has 0 aromatic heterocycles. The molecule has 4 nitrogen and oxygen atoms in total. The fourth-order valence-electron chi connectivity index (χ4n) is 2.07. The maximum Gasteiger partial charge on any atom is 0.163 e. The largest absolute Gasteiger partial charge is 0.486 e. The van der Waals surface area contributed by atoms with Crippen molar-refractivity contribution in [1.29, 1.82) is 0 Å². The first kappa shape index (κ1) is 13.0. The van der Waals surface area contributed by atoms with Crippen molar-refractivity contribution in [3.8, 4) is 11.5 Å². The molecule has 1 heterocycles. The van der Waals surface area contributed by atoms with Gasteiger partial charge in [0.05, 0.1) is 0 Å². The molecule has 0 saturated heterocycles. The van der Waals surface area contributed by atoms with Crippen LogP contribution in [0.3, 0.4) is 0 Å². The highest BCUT2D eigenvalue weighted by atomic mass is 16.6. The summed E-state index contributed by atoms with van der Waals surface area (Å²) in [7, 11) is 1.99. The highest BCUT2D eigenvalue weighted by Gasteiger charge is 2.12. The Hall–Kier alpha value is -1.42. The first-order valence-corrected chi connectivity index (χ1v) is 6.61. The lowest BCUT2D eigenvalue weighted by atomic mass is 10.1. The standard InChI is InChI=1S/C14H22N2O2/c1-3-11(9-15-2)10-16-12-4-5-13-14(8-12)18-7-6-17-13/h4-5,8,11,15-16H,3,6-7,9-10H2,1-2H3. The Morgan fingerprint density at radius 1 is 1.17 bits per heavy atom. The predicted octanol–water partition coefficient (Wildman–Crippen LogP) is 2.12. The van der Waals surface area contributed by atoms with Crippen LogP contribution < -0.4 is 20.1 Å². The number of fused-ring (bicyclic) bond motifs is 1. The van der Waals surface area contributed by atoms with Gasteiger partial charge in [-0.05, 0) is 31.6 Å². The molecule has 1 aliphatic heterocycles. The summed E-state index contributed by atoms with van der Waals surface area (Å²) < 4.78 is 11.1. The topological polar surface area (TPSA) is 42.5 Å². The number of anilines is 1. The molecule has 1 aromatic carbocycles. The van der Waals surface area contributed by atoms with Gasteiger partial charge in [0.2, 0.25) is 0 Å². The Kier molecular flexibility index (Phi) is 4.70. The molecule has 0 saturated carbocycles. The molecule has 0 bridgehead atoms. The van der Waals surface area contributed by atoms with Crippen LogP contribution in [0.4, 0.5) is 5.69 Å². The number of hydrogen-bond acceptors (Lipinski definition) is 4. The van der Waals surface area contributed by atoms with Crippen molar-refractivity contribution < 1.29 is 9.47 Å². The van der Waals surface area contributed by atoms with Gasteiger partial charge in [0.1, 0.15) is 13.2 Å². The van der Waals surface area contributed by atoms with Gasteiger partial charge < -0.3 is 20.1 Å². The fraction of sp³-hybridized carbons (Fsp3) is 0.571. The van der Waals surface area contributed by atoms with E-state index >= 15 is 0 Å². The van der Waals surface area contributed by atoms with Crippen LogP contribution in [0.5, 0.6) is 11.5 Å². The molecule has 0 aliphatic carbocycles. The summed E-state index contributed by atoms with van der Waals surface area (Å²) in [6.07, 6.45) is 1.17. The summed E-state index contributed by atoms with van der Waals surface area (Å²) in [5.41, 5.74) is 1.09. The van der Waals surface area contributed by atoms with E-state index in [9.17, 15) is 0 Å². The molecule has 0 amide bonds. The molecule has 1 unspecified atom stereocenters. The van der Waals surface area contributed by atoms with E-state index in [4.69, 9.17) is 9.47 Å². The Morgan fingerprint density at radius 3 is 2.67 bits per heavy atom. The minimum absolute atomic E-state index is 0.633. The van der Waals surface area contributed by atoms with E-state index in [2.05, 4.69) is 17.6 Å². The second-order valence-corrected chi connectivity index (χ2v) is 4.57. The van der Waals surface area contributed by atoms with Crippen molar-refractivity contribution in [2.45, 2.75) is 13.3 Å². The molecule has 0 fully saturated rings. The number of benzene rings is 1. The van der Waals surface area contributed by atoms with Crippen LogP contribution >= 0.6 is 0 Å². The van der Waals surface area contributed by atoms with Gasteiger partial charge in [0.15, 0.2) is 11.5 Å². The summed E-state index contributed by atoms with van der Waals surface area (Å²) in [4.78, 5) is 0. The van der Waals surface area contributed by atoms with Crippen LogP contribution in [-0.2, 0) is 0 Å². The molecule has 1 aromatic rings. The maximum absolute atomic E-state index is 5.57. The molecule has 2 N–H and O–H groups in total. The quantitative estimate of drug-likeness (QED) is 0.811. The van der Waals surface area contributed by atoms with Crippen molar-refractivity contribution in [3.05, 3.63) is 18.2 Å². The zero-order valence-electron chi connectivity index (χ0n) is 11.2. The minimum atomic E-state index is 0.633. The van der Waals surface area contributed by atoms with Crippen LogP contribution in [0.2, 0.25) is 0 Å². The van der Waals surface area contributed by atoms with E-state index in [0.717, 1.165) is 30.3 Å². The maximum atomic E-state index is 5.57. The van der Waals surface area contributed by atoms with E-state index in [1.54, 1.807) is 0 Å². The van der Waals surface area contributed by atoms with Gasteiger partial charge in [-0.25, -0.2) is 0 Å². The second-order valence-electron chi connectivity index (χ2n) is 4.57. The number of nitrogens with one attached hydrogen (secondary N) is 2. The fourth-order valence-corrected chi connectivity index (χ4v) is 2.07. The third-order valence-corrected chi connectivity index (χ3v) is 3.21.